The van der Waals surface area contributed by atoms with E-state index in [2.05, 4.69) is 31.1 Å². The van der Waals surface area contributed by atoms with E-state index in [9.17, 15) is 0 Å². The zero-order valence-electron chi connectivity index (χ0n) is 9.84. The van der Waals surface area contributed by atoms with Gasteiger partial charge in [0.1, 0.15) is 6.26 Å². The van der Waals surface area contributed by atoms with Gasteiger partial charge < -0.3 is 9.73 Å². The number of oxazole rings is 1. The van der Waals surface area contributed by atoms with Gasteiger partial charge in [0.25, 0.3) is 0 Å². The molecule has 0 saturated carbocycles. The van der Waals surface area contributed by atoms with Crippen molar-refractivity contribution in [3.63, 3.8) is 0 Å². The lowest BCUT2D eigenvalue weighted by atomic mass is 9.93. The molecule has 0 aromatic carbocycles. The highest BCUT2D eigenvalue weighted by atomic mass is 16.3. The first-order chi connectivity index (χ1) is 7.05. The van der Waals surface area contributed by atoms with Crippen molar-refractivity contribution in [2.45, 2.75) is 51.5 Å². The number of hydrogen-bond acceptors (Lipinski definition) is 3. The Morgan fingerprint density at radius 1 is 1.53 bits per heavy atom. The monoisotopic (exact) mass is 208 g/mol. The summed E-state index contributed by atoms with van der Waals surface area (Å²) in [5.41, 5.74) is 1.14. The first-order valence-corrected chi connectivity index (χ1v) is 5.74. The molecule has 2 heterocycles. The van der Waals surface area contributed by atoms with Gasteiger partial charge in [0.15, 0.2) is 5.89 Å². The lowest BCUT2D eigenvalue weighted by Gasteiger charge is -2.13. The minimum absolute atomic E-state index is 0.0881. The van der Waals surface area contributed by atoms with Crippen LogP contribution in [0, 0.1) is 0 Å². The van der Waals surface area contributed by atoms with Crippen LogP contribution in [0.5, 0.6) is 0 Å². The molecule has 0 spiro atoms. The first kappa shape index (κ1) is 10.7. The summed E-state index contributed by atoms with van der Waals surface area (Å²) in [6.07, 6.45) is 5.24. The Bertz CT molecular complexity index is 319. The molecule has 1 aliphatic heterocycles. The van der Waals surface area contributed by atoms with E-state index in [-0.39, 0.29) is 5.41 Å². The minimum atomic E-state index is 0.0881. The number of aromatic nitrogens is 1. The summed E-state index contributed by atoms with van der Waals surface area (Å²) >= 11 is 0. The van der Waals surface area contributed by atoms with Gasteiger partial charge in [-0.2, -0.15) is 0 Å². The zero-order chi connectivity index (χ0) is 10.9. The molecule has 1 atom stereocenters. The van der Waals surface area contributed by atoms with E-state index in [0.717, 1.165) is 24.6 Å². The van der Waals surface area contributed by atoms with E-state index in [0.29, 0.717) is 6.04 Å². The summed E-state index contributed by atoms with van der Waals surface area (Å²) in [6, 6.07) is 0.566. The Morgan fingerprint density at radius 3 is 2.87 bits per heavy atom. The molecule has 1 aromatic heterocycles. The van der Waals surface area contributed by atoms with Crippen LogP contribution >= 0.6 is 0 Å². The summed E-state index contributed by atoms with van der Waals surface area (Å²) in [4.78, 5) is 4.54. The molecule has 3 nitrogen and oxygen atoms in total. The van der Waals surface area contributed by atoms with E-state index in [4.69, 9.17) is 4.42 Å². The van der Waals surface area contributed by atoms with Crippen LogP contribution in [-0.2, 0) is 11.8 Å². The number of hydrogen-bond donors (Lipinski definition) is 1. The fourth-order valence-electron chi connectivity index (χ4n) is 1.89. The van der Waals surface area contributed by atoms with E-state index >= 15 is 0 Å². The van der Waals surface area contributed by atoms with Gasteiger partial charge in [0.2, 0.25) is 0 Å². The third kappa shape index (κ3) is 2.59. The fraction of sp³-hybridized carbons (Fsp3) is 0.750. The van der Waals surface area contributed by atoms with Gasteiger partial charge in [-0.3, -0.25) is 0 Å². The van der Waals surface area contributed by atoms with Crippen LogP contribution in [0.25, 0.3) is 0 Å². The normalized spacial score (nSPS) is 22.2. The summed E-state index contributed by atoms with van der Waals surface area (Å²) in [7, 11) is 0. The van der Waals surface area contributed by atoms with Crippen LogP contribution in [0.2, 0.25) is 0 Å². The molecular weight excluding hydrogens is 188 g/mol. The molecule has 1 aromatic rings. The standard InChI is InChI=1S/C12H20N2O/c1-12(2,3)10-8-15-11(14-10)7-9-5-4-6-13-9/h8-9,13H,4-7H2,1-3H3. The van der Waals surface area contributed by atoms with E-state index < -0.39 is 0 Å². The quantitative estimate of drug-likeness (QED) is 0.810. The van der Waals surface area contributed by atoms with Crippen molar-refractivity contribution in [3.05, 3.63) is 17.8 Å². The predicted octanol–water partition coefficient (Wildman–Crippen LogP) is 2.27. The topological polar surface area (TPSA) is 38.1 Å². The molecule has 1 fully saturated rings. The van der Waals surface area contributed by atoms with Crippen LogP contribution < -0.4 is 5.32 Å². The summed E-state index contributed by atoms with van der Waals surface area (Å²) in [6.45, 7) is 7.60. The van der Waals surface area contributed by atoms with Gasteiger partial charge in [-0.1, -0.05) is 20.8 Å². The molecule has 0 radical (unpaired) electrons. The molecule has 0 aliphatic carbocycles. The molecule has 2 rings (SSSR count). The van der Waals surface area contributed by atoms with E-state index in [1.807, 2.05) is 0 Å². The SMILES string of the molecule is CC(C)(C)c1coc(CC2CCCN2)n1. The van der Waals surface area contributed by atoms with Gasteiger partial charge in [0.05, 0.1) is 5.69 Å². The summed E-state index contributed by atoms with van der Waals surface area (Å²) < 4.78 is 5.50. The van der Waals surface area contributed by atoms with Gasteiger partial charge in [-0.15, -0.1) is 0 Å². The zero-order valence-corrected chi connectivity index (χ0v) is 9.84. The first-order valence-electron chi connectivity index (χ1n) is 5.74. The van der Waals surface area contributed by atoms with Crippen molar-refractivity contribution < 1.29 is 4.42 Å². The maximum absolute atomic E-state index is 5.50. The van der Waals surface area contributed by atoms with Crippen LogP contribution in [-0.4, -0.2) is 17.6 Å². The molecule has 1 unspecified atom stereocenters. The molecule has 84 valence electrons. The smallest absolute Gasteiger partial charge is 0.195 e. The van der Waals surface area contributed by atoms with Crippen LogP contribution in [0.4, 0.5) is 0 Å². The highest BCUT2D eigenvalue weighted by Crippen LogP contribution is 2.22. The number of rotatable bonds is 2. The van der Waals surface area contributed by atoms with Crippen molar-refractivity contribution in [1.29, 1.82) is 0 Å². The highest BCUT2D eigenvalue weighted by molar-refractivity contribution is 5.09. The third-order valence-electron chi connectivity index (χ3n) is 2.90. The molecule has 1 saturated heterocycles. The Labute approximate surface area is 91.3 Å². The third-order valence-corrected chi connectivity index (χ3v) is 2.90. The summed E-state index contributed by atoms with van der Waals surface area (Å²) in [5.74, 6) is 0.874. The average molecular weight is 208 g/mol. The maximum Gasteiger partial charge on any atom is 0.195 e. The van der Waals surface area contributed by atoms with Crippen LogP contribution in [0.3, 0.4) is 0 Å². The predicted molar refractivity (Wildman–Crippen MR) is 59.9 cm³/mol. The van der Waals surface area contributed by atoms with Crippen molar-refractivity contribution >= 4 is 0 Å². The number of nitrogens with zero attached hydrogens (tertiary/aromatic N) is 1. The Morgan fingerprint density at radius 2 is 2.33 bits per heavy atom. The Balaban J connectivity index is 2.00. The van der Waals surface area contributed by atoms with Crippen molar-refractivity contribution in [1.82, 2.24) is 10.3 Å². The summed E-state index contributed by atoms with van der Waals surface area (Å²) in [5, 5.41) is 3.45. The van der Waals surface area contributed by atoms with Crippen molar-refractivity contribution in [2.75, 3.05) is 6.54 Å². The molecule has 1 N–H and O–H groups in total. The van der Waals surface area contributed by atoms with Crippen molar-refractivity contribution in [3.8, 4) is 0 Å². The van der Waals surface area contributed by atoms with Crippen molar-refractivity contribution in [2.24, 2.45) is 0 Å². The highest BCUT2D eigenvalue weighted by Gasteiger charge is 2.21. The van der Waals surface area contributed by atoms with E-state index in [1.54, 1.807) is 6.26 Å². The number of nitrogens with one attached hydrogen (secondary N) is 1. The lowest BCUT2D eigenvalue weighted by Crippen LogP contribution is -2.23. The molecule has 1 aliphatic rings. The van der Waals surface area contributed by atoms with Crippen LogP contribution in [0.1, 0.15) is 45.2 Å². The van der Waals surface area contributed by atoms with Crippen LogP contribution in [0.15, 0.2) is 10.7 Å². The fourth-order valence-corrected chi connectivity index (χ4v) is 1.89. The Kier molecular flexibility index (Phi) is 2.83. The van der Waals surface area contributed by atoms with Gasteiger partial charge in [-0.25, -0.2) is 4.98 Å². The molecule has 0 amide bonds. The average Bonchev–Trinajstić information content (AvgIpc) is 2.73. The minimum Gasteiger partial charge on any atom is -0.449 e. The Hall–Kier alpha value is -0.830. The molecular formula is C12H20N2O. The largest absolute Gasteiger partial charge is 0.449 e. The maximum atomic E-state index is 5.50. The second kappa shape index (κ2) is 3.97. The van der Waals surface area contributed by atoms with Gasteiger partial charge >= 0.3 is 0 Å². The molecule has 15 heavy (non-hydrogen) atoms. The molecule has 0 bridgehead atoms. The second-order valence-corrected chi connectivity index (χ2v) is 5.37. The van der Waals surface area contributed by atoms with Gasteiger partial charge in [0, 0.05) is 17.9 Å². The lowest BCUT2D eigenvalue weighted by molar-refractivity contribution is 0.455. The van der Waals surface area contributed by atoms with Gasteiger partial charge in [-0.05, 0) is 19.4 Å². The second-order valence-electron chi connectivity index (χ2n) is 5.37. The molecule has 3 heteroatoms. The van der Waals surface area contributed by atoms with E-state index in [1.165, 1.54) is 12.8 Å².